The van der Waals surface area contributed by atoms with Gasteiger partial charge in [0.1, 0.15) is 17.5 Å². The van der Waals surface area contributed by atoms with Crippen molar-refractivity contribution in [3.8, 4) is 5.75 Å². The highest BCUT2D eigenvalue weighted by atomic mass is 35.5. The summed E-state index contributed by atoms with van der Waals surface area (Å²) < 4.78 is 45.6. The Morgan fingerprint density at radius 1 is 1.07 bits per heavy atom. The third-order valence-corrected chi connectivity index (χ3v) is 7.09. The molecule has 1 saturated carbocycles. The molecule has 4 rings (SSSR count). The van der Waals surface area contributed by atoms with Crippen molar-refractivity contribution in [2.75, 3.05) is 5.32 Å². The molecular weight excluding hydrogens is 561 g/mol. The lowest BCUT2D eigenvalue weighted by molar-refractivity contribution is -0.141. The second kappa shape index (κ2) is 12.9. The van der Waals surface area contributed by atoms with E-state index in [0.717, 1.165) is 11.6 Å². The molecule has 41 heavy (non-hydrogen) atoms. The number of carbonyl (C=O) groups excluding carboxylic acids is 2. The number of hydrogen-bond acceptors (Lipinski definition) is 6. The summed E-state index contributed by atoms with van der Waals surface area (Å²) in [4.78, 5) is 28.7. The minimum Gasteiger partial charge on any atom is -0.465 e. The van der Waals surface area contributed by atoms with Crippen LogP contribution in [0.5, 0.6) is 5.75 Å². The number of rotatable bonds is 9. The molecular formula is C29H32ClF3N4O4. The third kappa shape index (κ3) is 8.46. The van der Waals surface area contributed by atoms with Crippen molar-refractivity contribution in [1.82, 2.24) is 15.6 Å². The first-order valence-electron chi connectivity index (χ1n) is 13.3. The number of fused-ring (bicyclic) bond motifs is 1. The Hall–Kier alpha value is -3.57. The highest BCUT2D eigenvalue weighted by Gasteiger charge is 2.34. The quantitative estimate of drug-likeness (QED) is 0.254. The van der Waals surface area contributed by atoms with Gasteiger partial charge >= 0.3 is 6.18 Å². The number of benzene rings is 2. The summed E-state index contributed by atoms with van der Waals surface area (Å²) in [6.45, 7) is 2.84. The molecule has 1 aliphatic rings. The van der Waals surface area contributed by atoms with E-state index >= 15 is 0 Å². The first-order chi connectivity index (χ1) is 19.4. The average Bonchev–Trinajstić information content (AvgIpc) is 2.89. The van der Waals surface area contributed by atoms with Crippen LogP contribution in [0, 0.1) is 0 Å². The lowest BCUT2D eigenvalue weighted by Crippen LogP contribution is -2.51. The van der Waals surface area contributed by atoms with Gasteiger partial charge in [-0.1, -0.05) is 23.7 Å². The Morgan fingerprint density at radius 3 is 2.34 bits per heavy atom. The van der Waals surface area contributed by atoms with Crippen molar-refractivity contribution in [1.29, 1.82) is 0 Å². The van der Waals surface area contributed by atoms with Crippen LogP contribution in [0.4, 0.5) is 18.9 Å². The Kier molecular flexibility index (Phi) is 9.60. The number of nitrogens with zero attached hydrogens (tertiary/aromatic N) is 1. The maximum atomic E-state index is 13.5. The van der Waals surface area contributed by atoms with Crippen LogP contribution < -0.4 is 20.7 Å². The van der Waals surface area contributed by atoms with E-state index in [4.69, 9.17) is 16.3 Å². The summed E-state index contributed by atoms with van der Waals surface area (Å²) in [5, 5.41) is 19.2. The molecule has 3 aromatic rings. The van der Waals surface area contributed by atoms with Gasteiger partial charge in [-0.15, -0.1) is 0 Å². The summed E-state index contributed by atoms with van der Waals surface area (Å²) in [5.41, 5.74) is 0.326. The van der Waals surface area contributed by atoms with Crippen LogP contribution in [0.3, 0.4) is 0 Å². The first kappa shape index (κ1) is 30.4. The number of nitrogens with one attached hydrogen (secondary N) is 3. The fraction of sp³-hybridized carbons (Fsp3) is 0.414. The van der Waals surface area contributed by atoms with E-state index in [0.29, 0.717) is 47.5 Å². The molecule has 0 spiro atoms. The zero-order valence-electron chi connectivity index (χ0n) is 22.6. The molecule has 2 amide bonds. The van der Waals surface area contributed by atoms with Gasteiger partial charge in [0.05, 0.1) is 5.52 Å². The standard InChI is InChI=1S/C29H32ClF3N4O4/c1-16(38)34-26(13-18-3-10-22(11-4-18)41-17(2)39)28(40)36-21-8-6-20(7-9-21)35-25-15-27(29(31,32)33)37-24-12-5-19(30)14-23(24)25/h3-5,10-12,14-15,17,20-21,26,39H,6-9,13H2,1-2H3,(H,34,38)(H,35,37)(H,36,40)/t17?,20-,21+,26-/m0/s1. The number of anilines is 1. The van der Waals surface area contributed by atoms with Crippen molar-refractivity contribution in [3.05, 3.63) is 64.8 Å². The molecule has 0 bridgehead atoms. The van der Waals surface area contributed by atoms with Gasteiger partial charge in [-0.05, 0) is 74.6 Å². The molecule has 12 heteroatoms. The van der Waals surface area contributed by atoms with Gasteiger partial charge in [-0.25, -0.2) is 4.98 Å². The Bertz CT molecular complexity index is 1380. The maximum absolute atomic E-state index is 13.5. The maximum Gasteiger partial charge on any atom is 0.433 e. The summed E-state index contributed by atoms with van der Waals surface area (Å²) in [6.07, 6.45) is -2.84. The van der Waals surface area contributed by atoms with Gasteiger partial charge in [0.15, 0.2) is 6.29 Å². The summed E-state index contributed by atoms with van der Waals surface area (Å²) in [7, 11) is 0. The lowest BCUT2D eigenvalue weighted by Gasteiger charge is -2.31. The molecule has 1 fully saturated rings. The van der Waals surface area contributed by atoms with Crippen LogP contribution in [0.2, 0.25) is 5.02 Å². The fourth-order valence-corrected chi connectivity index (χ4v) is 5.13. The van der Waals surface area contributed by atoms with Crippen molar-refractivity contribution >= 4 is 40.0 Å². The smallest absolute Gasteiger partial charge is 0.433 e. The lowest BCUT2D eigenvalue weighted by atomic mass is 9.90. The van der Waals surface area contributed by atoms with Gasteiger partial charge < -0.3 is 25.8 Å². The van der Waals surface area contributed by atoms with Crippen LogP contribution in [-0.2, 0) is 22.2 Å². The van der Waals surface area contributed by atoms with E-state index in [-0.39, 0.29) is 35.8 Å². The summed E-state index contributed by atoms with van der Waals surface area (Å²) in [6, 6.07) is 11.4. The largest absolute Gasteiger partial charge is 0.465 e. The number of aliphatic hydroxyl groups excluding tert-OH is 1. The molecule has 4 N–H and O–H groups in total. The van der Waals surface area contributed by atoms with Crippen LogP contribution >= 0.6 is 11.6 Å². The number of aromatic nitrogens is 1. The third-order valence-electron chi connectivity index (χ3n) is 6.86. The number of hydrogen-bond donors (Lipinski definition) is 4. The Labute approximate surface area is 240 Å². The van der Waals surface area contributed by atoms with Gasteiger partial charge in [-0.3, -0.25) is 9.59 Å². The number of amides is 2. The van der Waals surface area contributed by atoms with Gasteiger partial charge in [0, 0.05) is 41.5 Å². The molecule has 2 atom stereocenters. The van der Waals surface area contributed by atoms with E-state index in [1.54, 1.807) is 30.3 Å². The summed E-state index contributed by atoms with van der Waals surface area (Å²) in [5.74, 6) is -0.173. The van der Waals surface area contributed by atoms with Crippen LogP contribution in [0.1, 0.15) is 50.8 Å². The number of pyridine rings is 1. The Morgan fingerprint density at radius 2 is 1.73 bits per heavy atom. The van der Waals surface area contributed by atoms with E-state index in [1.165, 1.54) is 26.0 Å². The molecule has 1 aromatic heterocycles. The number of carbonyl (C=O) groups is 2. The van der Waals surface area contributed by atoms with Crippen molar-refractivity contribution in [3.63, 3.8) is 0 Å². The zero-order valence-corrected chi connectivity index (χ0v) is 23.4. The fourth-order valence-electron chi connectivity index (χ4n) is 4.96. The number of halogens is 4. The van der Waals surface area contributed by atoms with Gasteiger partial charge in [0.25, 0.3) is 0 Å². The molecule has 2 aromatic carbocycles. The molecule has 1 heterocycles. The van der Waals surface area contributed by atoms with E-state index in [1.807, 2.05) is 0 Å². The highest BCUT2D eigenvalue weighted by Crippen LogP contribution is 2.35. The van der Waals surface area contributed by atoms with E-state index in [2.05, 4.69) is 20.9 Å². The predicted molar refractivity (Wildman–Crippen MR) is 150 cm³/mol. The van der Waals surface area contributed by atoms with Crippen LogP contribution in [0.25, 0.3) is 10.9 Å². The topological polar surface area (TPSA) is 113 Å². The molecule has 220 valence electrons. The summed E-state index contributed by atoms with van der Waals surface area (Å²) >= 11 is 6.10. The van der Waals surface area contributed by atoms with Gasteiger partial charge in [0.2, 0.25) is 11.8 Å². The second-order valence-electron chi connectivity index (χ2n) is 10.2. The normalized spacial score (nSPS) is 18.8. The zero-order chi connectivity index (χ0) is 29.7. The average molecular weight is 593 g/mol. The SMILES string of the molecule is CC(=O)N[C@@H](Cc1ccc(OC(C)O)cc1)C(=O)N[C@H]1CC[C@@H](Nc2cc(C(F)(F)F)nc3ccc(Cl)cc23)CC1. The first-order valence-corrected chi connectivity index (χ1v) is 13.7. The highest BCUT2D eigenvalue weighted by molar-refractivity contribution is 6.31. The molecule has 0 saturated heterocycles. The minimum absolute atomic E-state index is 0.109. The molecule has 1 unspecified atom stereocenters. The van der Waals surface area contributed by atoms with E-state index in [9.17, 15) is 27.9 Å². The minimum atomic E-state index is -4.59. The van der Waals surface area contributed by atoms with Crippen molar-refractivity contribution < 1.29 is 32.6 Å². The van der Waals surface area contributed by atoms with Crippen molar-refractivity contribution in [2.45, 2.75) is 76.5 Å². The number of aliphatic hydroxyl groups is 1. The molecule has 1 aliphatic carbocycles. The van der Waals surface area contributed by atoms with E-state index < -0.39 is 24.2 Å². The van der Waals surface area contributed by atoms with Gasteiger partial charge in [-0.2, -0.15) is 13.2 Å². The number of alkyl halides is 3. The molecule has 8 nitrogen and oxygen atoms in total. The van der Waals surface area contributed by atoms with Crippen LogP contribution in [-0.4, -0.2) is 46.3 Å². The second-order valence-corrected chi connectivity index (χ2v) is 10.7. The predicted octanol–water partition coefficient (Wildman–Crippen LogP) is 5.21. The van der Waals surface area contributed by atoms with Crippen molar-refractivity contribution in [2.24, 2.45) is 0 Å². The molecule has 0 radical (unpaired) electrons. The number of ether oxygens (including phenoxy) is 1. The monoisotopic (exact) mass is 592 g/mol. The Balaban J connectivity index is 1.38. The van der Waals surface area contributed by atoms with Crippen LogP contribution in [0.15, 0.2) is 48.5 Å². The molecule has 0 aliphatic heterocycles.